The van der Waals surface area contributed by atoms with Crippen LogP contribution in [0.3, 0.4) is 0 Å². The molecule has 0 aliphatic rings. The third kappa shape index (κ3) is 3.21. The number of methoxy groups -OCH3 is 1. The van der Waals surface area contributed by atoms with Crippen molar-refractivity contribution in [3.63, 3.8) is 0 Å². The Hall–Kier alpha value is -1.78. The molecule has 2 rings (SSSR count). The Morgan fingerprint density at radius 1 is 1.40 bits per heavy atom. The lowest BCUT2D eigenvalue weighted by atomic mass is 9.95. The molecule has 0 fully saturated rings. The molecule has 0 unspecified atom stereocenters. The van der Waals surface area contributed by atoms with Gasteiger partial charge in [-0.1, -0.05) is 23.7 Å². The molecule has 0 radical (unpaired) electrons. The topological polar surface area (TPSA) is 51.5 Å². The molecule has 5 heteroatoms. The van der Waals surface area contributed by atoms with E-state index in [1.165, 1.54) is 6.26 Å². The third-order valence-corrected chi connectivity index (χ3v) is 3.45. The summed E-state index contributed by atoms with van der Waals surface area (Å²) in [4.78, 5) is 11.9. The van der Waals surface area contributed by atoms with E-state index in [0.29, 0.717) is 11.6 Å². The molecule has 1 atom stereocenters. The Kier molecular flexibility index (Phi) is 4.47. The Labute approximate surface area is 122 Å². The number of benzene rings is 1. The molecule has 0 spiro atoms. The smallest absolute Gasteiger partial charge is 0.287 e. The van der Waals surface area contributed by atoms with Crippen LogP contribution in [-0.2, 0) is 10.3 Å². The summed E-state index contributed by atoms with van der Waals surface area (Å²) >= 11 is 5.99. The number of amides is 1. The van der Waals surface area contributed by atoms with Gasteiger partial charge in [0.1, 0.15) is 5.60 Å². The lowest BCUT2D eigenvalue weighted by molar-refractivity contribution is 0.00294. The van der Waals surface area contributed by atoms with E-state index in [0.717, 1.165) is 5.56 Å². The standard InChI is InChI=1S/C15H16ClNO3/c1-15(19-2,11-5-3-6-12(16)9-11)10-17-14(18)13-7-4-8-20-13/h3-9H,10H2,1-2H3,(H,17,18)/t15-/m0/s1. The Bertz CT molecular complexity index is 583. The molecule has 1 aromatic heterocycles. The van der Waals surface area contributed by atoms with Crippen LogP contribution in [0.4, 0.5) is 0 Å². The number of hydrogen-bond donors (Lipinski definition) is 1. The van der Waals surface area contributed by atoms with E-state index in [2.05, 4.69) is 5.32 Å². The second-order valence-electron chi connectivity index (χ2n) is 4.61. The molecule has 1 amide bonds. The Balaban J connectivity index is 2.10. The van der Waals surface area contributed by atoms with Crippen molar-refractivity contribution in [3.05, 3.63) is 59.0 Å². The Morgan fingerprint density at radius 2 is 2.20 bits per heavy atom. The van der Waals surface area contributed by atoms with Crippen molar-refractivity contribution in [1.82, 2.24) is 5.32 Å². The first kappa shape index (κ1) is 14.6. The maximum atomic E-state index is 11.9. The highest BCUT2D eigenvalue weighted by atomic mass is 35.5. The summed E-state index contributed by atoms with van der Waals surface area (Å²) in [5.74, 6) is -0.00477. The van der Waals surface area contributed by atoms with Crippen LogP contribution in [0.25, 0.3) is 0 Å². The highest BCUT2D eigenvalue weighted by molar-refractivity contribution is 6.30. The monoisotopic (exact) mass is 293 g/mol. The summed E-state index contributed by atoms with van der Waals surface area (Å²) in [5.41, 5.74) is 0.236. The maximum absolute atomic E-state index is 11.9. The van der Waals surface area contributed by atoms with Crippen LogP contribution in [0.5, 0.6) is 0 Å². The van der Waals surface area contributed by atoms with E-state index in [1.54, 1.807) is 25.3 Å². The molecule has 1 aromatic carbocycles. The minimum atomic E-state index is -0.660. The Morgan fingerprint density at radius 3 is 2.80 bits per heavy atom. The van der Waals surface area contributed by atoms with Gasteiger partial charge in [0.25, 0.3) is 5.91 Å². The number of ether oxygens (including phenoxy) is 1. The summed E-state index contributed by atoms with van der Waals surface area (Å²) in [5, 5.41) is 3.42. The molecule has 106 valence electrons. The molecule has 1 heterocycles. The fourth-order valence-electron chi connectivity index (χ4n) is 1.85. The zero-order valence-electron chi connectivity index (χ0n) is 11.4. The van der Waals surface area contributed by atoms with E-state index in [-0.39, 0.29) is 11.7 Å². The SMILES string of the molecule is CO[C@@](C)(CNC(=O)c1ccco1)c1cccc(Cl)c1. The van der Waals surface area contributed by atoms with Gasteiger partial charge in [-0.2, -0.15) is 0 Å². The number of carbonyl (C=O) groups is 1. The van der Waals surface area contributed by atoms with Crippen LogP contribution in [0.15, 0.2) is 47.1 Å². The highest BCUT2D eigenvalue weighted by Gasteiger charge is 2.27. The second-order valence-corrected chi connectivity index (χ2v) is 5.04. The molecule has 0 bridgehead atoms. The van der Waals surface area contributed by atoms with E-state index in [1.807, 2.05) is 25.1 Å². The van der Waals surface area contributed by atoms with Crippen molar-refractivity contribution in [2.24, 2.45) is 0 Å². The van der Waals surface area contributed by atoms with Crippen LogP contribution in [0, 0.1) is 0 Å². The van der Waals surface area contributed by atoms with Crippen LogP contribution in [0.2, 0.25) is 5.02 Å². The molecule has 2 aromatic rings. The molecule has 20 heavy (non-hydrogen) atoms. The summed E-state index contributed by atoms with van der Waals surface area (Å²) in [6.45, 7) is 2.20. The van der Waals surface area contributed by atoms with Crippen LogP contribution in [-0.4, -0.2) is 19.6 Å². The number of nitrogens with one attached hydrogen (secondary N) is 1. The van der Waals surface area contributed by atoms with Gasteiger partial charge in [-0.15, -0.1) is 0 Å². The van der Waals surface area contributed by atoms with E-state index < -0.39 is 5.60 Å². The van der Waals surface area contributed by atoms with Gasteiger partial charge in [-0.05, 0) is 36.8 Å². The van der Waals surface area contributed by atoms with E-state index in [4.69, 9.17) is 20.8 Å². The molecule has 1 N–H and O–H groups in total. The molecule has 0 saturated carbocycles. The summed E-state index contributed by atoms with van der Waals surface area (Å²) in [6.07, 6.45) is 1.46. The summed E-state index contributed by atoms with van der Waals surface area (Å²) < 4.78 is 10.6. The van der Waals surface area contributed by atoms with Crippen molar-refractivity contribution in [2.45, 2.75) is 12.5 Å². The lowest BCUT2D eigenvalue weighted by Crippen LogP contribution is -2.40. The first-order valence-electron chi connectivity index (χ1n) is 6.18. The first-order chi connectivity index (χ1) is 9.55. The molecule has 0 saturated heterocycles. The van der Waals surface area contributed by atoms with Gasteiger partial charge in [0, 0.05) is 12.1 Å². The molecule has 4 nitrogen and oxygen atoms in total. The van der Waals surface area contributed by atoms with Gasteiger partial charge in [-0.25, -0.2) is 0 Å². The number of furan rings is 1. The van der Waals surface area contributed by atoms with Gasteiger partial charge in [0.2, 0.25) is 0 Å². The largest absolute Gasteiger partial charge is 0.459 e. The van der Waals surface area contributed by atoms with E-state index in [9.17, 15) is 4.79 Å². The minimum Gasteiger partial charge on any atom is -0.459 e. The van der Waals surface area contributed by atoms with Crippen LogP contribution in [0.1, 0.15) is 23.0 Å². The maximum Gasteiger partial charge on any atom is 0.287 e. The predicted octanol–water partition coefficient (Wildman–Crippen LogP) is 3.22. The fraction of sp³-hybridized carbons (Fsp3) is 0.267. The number of halogens is 1. The van der Waals surface area contributed by atoms with Crippen LogP contribution < -0.4 is 5.32 Å². The number of carbonyl (C=O) groups excluding carboxylic acids is 1. The van der Waals surface area contributed by atoms with Crippen molar-refractivity contribution >= 4 is 17.5 Å². The summed E-state index contributed by atoms with van der Waals surface area (Å²) in [7, 11) is 1.60. The number of rotatable bonds is 5. The molecule has 0 aliphatic heterocycles. The second kappa shape index (κ2) is 6.11. The van der Waals surface area contributed by atoms with E-state index >= 15 is 0 Å². The highest BCUT2D eigenvalue weighted by Crippen LogP contribution is 2.26. The van der Waals surface area contributed by atoms with Crippen molar-refractivity contribution in [2.75, 3.05) is 13.7 Å². The van der Waals surface area contributed by atoms with Gasteiger partial charge >= 0.3 is 0 Å². The predicted molar refractivity (Wildman–Crippen MR) is 76.9 cm³/mol. The quantitative estimate of drug-likeness (QED) is 0.921. The average molecular weight is 294 g/mol. The normalized spacial score (nSPS) is 13.8. The zero-order valence-corrected chi connectivity index (χ0v) is 12.1. The van der Waals surface area contributed by atoms with Gasteiger partial charge in [0.15, 0.2) is 5.76 Å². The van der Waals surface area contributed by atoms with Gasteiger partial charge in [-0.3, -0.25) is 4.79 Å². The van der Waals surface area contributed by atoms with Crippen molar-refractivity contribution in [3.8, 4) is 0 Å². The lowest BCUT2D eigenvalue weighted by Gasteiger charge is -2.29. The minimum absolute atomic E-state index is 0.273. The average Bonchev–Trinajstić information content (AvgIpc) is 2.98. The van der Waals surface area contributed by atoms with Crippen LogP contribution >= 0.6 is 11.6 Å². The molecular weight excluding hydrogens is 278 g/mol. The molecule has 0 aliphatic carbocycles. The van der Waals surface area contributed by atoms with Crippen molar-refractivity contribution in [1.29, 1.82) is 0 Å². The van der Waals surface area contributed by atoms with Crippen molar-refractivity contribution < 1.29 is 13.9 Å². The fourth-order valence-corrected chi connectivity index (χ4v) is 2.04. The first-order valence-corrected chi connectivity index (χ1v) is 6.56. The van der Waals surface area contributed by atoms with Gasteiger partial charge in [0.05, 0.1) is 12.8 Å². The molecular formula is C15H16ClNO3. The summed E-state index contributed by atoms with van der Waals surface area (Å²) in [6, 6.07) is 10.7. The number of hydrogen-bond acceptors (Lipinski definition) is 3. The zero-order chi connectivity index (χ0) is 14.6. The third-order valence-electron chi connectivity index (χ3n) is 3.22. The van der Waals surface area contributed by atoms with Gasteiger partial charge < -0.3 is 14.5 Å².